The summed E-state index contributed by atoms with van der Waals surface area (Å²) >= 11 is 6.06. The van der Waals surface area contributed by atoms with E-state index in [2.05, 4.69) is 10.3 Å². The fourth-order valence-corrected chi connectivity index (χ4v) is 2.46. The molecule has 2 rings (SSSR count). The fraction of sp³-hybridized carbons (Fsp3) is 0.533. The highest BCUT2D eigenvalue weighted by molar-refractivity contribution is 6.31. The van der Waals surface area contributed by atoms with E-state index in [0.29, 0.717) is 49.5 Å². The van der Waals surface area contributed by atoms with Crippen molar-refractivity contribution in [2.45, 2.75) is 12.6 Å². The van der Waals surface area contributed by atoms with Gasteiger partial charge in [0, 0.05) is 37.8 Å². The van der Waals surface area contributed by atoms with Gasteiger partial charge >= 0.3 is 0 Å². The number of guanidine groups is 1. The van der Waals surface area contributed by atoms with Crippen LogP contribution in [0.4, 0.5) is 4.39 Å². The maximum absolute atomic E-state index is 13.8. The molecule has 1 aliphatic rings. The molecule has 0 spiro atoms. The van der Waals surface area contributed by atoms with Crippen LogP contribution in [0.25, 0.3) is 0 Å². The Hall–Kier alpha value is -1.37. The van der Waals surface area contributed by atoms with Crippen molar-refractivity contribution in [3.63, 3.8) is 0 Å². The molecule has 122 valence electrons. The molecule has 1 unspecified atom stereocenters. The zero-order valence-corrected chi connectivity index (χ0v) is 13.6. The fourth-order valence-electron chi connectivity index (χ4n) is 2.24. The second-order valence-electron chi connectivity index (χ2n) is 5.05. The average Bonchev–Trinajstić information content (AvgIpc) is 2.52. The predicted octanol–water partition coefficient (Wildman–Crippen LogP) is 1.90. The van der Waals surface area contributed by atoms with Gasteiger partial charge in [-0.1, -0.05) is 17.7 Å². The van der Waals surface area contributed by atoms with Crippen molar-refractivity contribution in [1.29, 1.82) is 0 Å². The third-order valence-corrected chi connectivity index (χ3v) is 3.76. The molecule has 0 saturated carbocycles. The molecule has 7 heteroatoms. The van der Waals surface area contributed by atoms with Crippen molar-refractivity contribution < 1.29 is 13.9 Å². The van der Waals surface area contributed by atoms with Crippen molar-refractivity contribution in [3.8, 4) is 0 Å². The Morgan fingerprint density at radius 2 is 2.32 bits per heavy atom. The van der Waals surface area contributed by atoms with Crippen LogP contribution in [-0.2, 0) is 16.0 Å². The van der Waals surface area contributed by atoms with Gasteiger partial charge in [-0.3, -0.25) is 4.99 Å². The average molecular weight is 330 g/mol. The van der Waals surface area contributed by atoms with Crippen molar-refractivity contribution in [1.82, 2.24) is 10.2 Å². The molecular weight excluding hydrogens is 309 g/mol. The molecule has 1 aromatic rings. The molecule has 0 aromatic heterocycles. The predicted molar refractivity (Wildman–Crippen MR) is 84.8 cm³/mol. The minimum Gasteiger partial charge on any atom is -0.376 e. The molecule has 1 aliphatic heterocycles. The highest BCUT2D eigenvalue weighted by Crippen LogP contribution is 2.20. The lowest BCUT2D eigenvalue weighted by atomic mass is 10.2. The molecule has 1 N–H and O–H groups in total. The summed E-state index contributed by atoms with van der Waals surface area (Å²) < 4.78 is 24.8. The lowest BCUT2D eigenvalue weighted by molar-refractivity contribution is -0.0851. The first-order valence-corrected chi connectivity index (χ1v) is 7.53. The molecule has 1 atom stereocenters. The summed E-state index contributed by atoms with van der Waals surface area (Å²) in [4.78, 5) is 6.01. The van der Waals surface area contributed by atoms with E-state index in [4.69, 9.17) is 21.1 Å². The Bertz CT molecular complexity index is 501. The van der Waals surface area contributed by atoms with Gasteiger partial charge in [-0.2, -0.15) is 0 Å². The monoisotopic (exact) mass is 329 g/mol. The van der Waals surface area contributed by atoms with E-state index in [9.17, 15) is 4.39 Å². The van der Waals surface area contributed by atoms with Crippen LogP contribution in [0.3, 0.4) is 0 Å². The number of ether oxygens (including phenoxy) is 2. The first-order valence-electron chi connectivity index (χ1n) is 7.16. The highest BCUT2D eigenvalue weighted by Gasteiger charge is 2.17. The zero-order chi connectivity index (χ0) is 15.9. The summed E-state index contributed by atoms with van der Waals surface area (Å²) in [6, 6.07) is 4.67. The van der Waals surface area contributed by atoms with Crippen LogP contribution in [0.15, 0.2) is 23.2 Å². The Balaban J connectivity index is 1.92. The van der Waals surface area contributed by atoms with E-state index in [-0.39, 0.29) is 11.9 Å². The van der Waals surface area contributed by atoms with Crippen LogP contribution >= 0.6 is 11.6 Å². The number of halogens is 2. The largest absolute Gasteiger partial charge is 0.376 e. The number of hydrogen-bond donors (Lipinski definition) is 1. The number of benzene rings is 1. The maximum atomic E-state index is 13.8. The lowest BCUT2D eigenvalue weighted by Gasteiger charge is -2.27. The lowest BCUT2D eigenvalue weighted by Crippen LogP contribution is -2.45. The summed E-state index contributed by atoms with van der Waals surface area (Å²) in [5, 5.41) is 3.61. The molecule has 0 aliphatic carbocycles. The number of nitrogens with one attached hydrogen (secondary N) is 1. The SMILES string of the molecule is CN=C(NCC1COCCO1)N(C)Cc1c(F)cccc1Cl. The quantitative estimate of drug-likeness (QED) is 0.677. The van der Waals surface area contributed by atoms with Gasteiger partial charge < -0.3 is 19.7 Å². The topological polar surface area (TPSA) is 46.1 Å². The van der Waals surface area contributed by atoms with Gasteiger partial charge in [0.05, 0.1) is 25.9 Å². The molecule has 1 aromatic carbocycles. The number of rotatable bonds is 4. The summed E-state index contributed by atoms with van der Waals surface area (Å²) in [7, 11) is 3.51. The Labute approximate surface area is 135 Å². The molecule has 1 saturated heterocycles. The van der Waals surface area contributed by atoms with Crippen LogP contribution in [0.1, 0.15) is 5.56 Å². The van der Waals surface area contributed by atoms with Crippen LogP contribution < -0.4 is 5.32 Å². The minimum atomic E-state index is -0.321. The molecule has 0 amide bonds. The van der Waals surface area contributed by atoms with E-state index in [1.54, 1.807) is 19.2 Å². The molecular formula is C15H21ClFN3O2. The molecule has 0 radical (unpaired) electrons. The maximum Gasteiger partial charge on any atom is 0.193 e. The van der Waals surface area contributed by atoms with Gasteiger partial charge in [-0.05, 0) is 12.1 Å². The van der Waals surface area contributed by atoms with Crippen LogP contribution in [0.2, 0.25) is 5.02 Å². The minimum absolute atomic E-state index is 0.00375. The Kier molecular flexibility index (Phi) is 6.42. The van der Waals surface area contributed by atoms with Gasteiger partial charge in [-0.15, -0.1) is 0 Å². The molecule has 0 bridgehead atoms. The van der Waals surface area contributed by atoms with Crippen molar-refractivity contribution in [3.05, 3.63) is 34.6 Å². The third-order valence-electron chi connectivity index (χ3n) is 3.40. The normalized spacial score (nSPS) is 19.1. The van der Waals surface area contributed by atoms with Crippen molar-refractivity contribution in [2.24, 2.45) is 4.99 Å². The van der Waals surface area contributed by atoms with E-state index in [0.717, 1.165) is 0 Å². The van der Waals surface area contributed by atoms with Gasteiger partial charge in [0.2, 0.25) is 0 Å². The summed E-state index contributed by atoms with van der Waals surface area (Å²) in [5.41, 5.74) is 0.451. The van der Waals surface area contributed by atoms with Crippen LogP contribution in [-0.4, -0.2) is 57.4 Å². The van der Waals surface area contributed by atoms with Gasteiger partial charge in [0.1, 0.15) is 5.82 Å². The molecule has 22 heavy (non-hydrogen) atoms. The van der Waals surface area contributed by atoms with E-state index in [1.807, 2.05) is 11.9 Å². The molecule has 5 nitrogen and oxygen atoms in total. The molecule has 1 heterocycles. The van der Waals surface area contributed by atoms with Gasteiger partial charge in [0.25, 0.3) is 0 Å². The summed E-state index contributed by atoms with van der Waals surface area (Å²) in [6.45, 7) is 2.71. The second kappa shape index (κ2) is 8.31. The Morgan fingerprint density at radius 1 is 1.50 bits per heavy atom. The van der Waals surface area contributed by atoms with Gasteiger partial charge in [-0.25, -0.2) is 4.39 Å². The van der Waals surface area contributed by atoms with Gasteiger partial charge in [0.15, 0.2) is 5.96 Å². The Morgan fingerprint density at radius 3 is 2.95 bits per heavy atom. The molecule has 1 fully saturated rings. The highest BCUT2D eigenvalue weighted by atomic mass is 35.5. The first kappa shape index (κ1) is 17.0. The standard InChI is InChI=1S/C15H21ClFN3O2/c1-18-15(19-8-11-10-21-6-7-22-11)20(2)9-12-13(16)4-3-5-14(12)17/h3-5,11H,6-10H2,1-2H3,(H,18,19). The third kappa shape index (κ3) is 4.56. The van der Waals surface area contributed by atoms with Crippen molar-refractivity contribution >= 4 is 17.6 Å². The zero-order valence-electron chi connectivity index (χ0n) is 12.8. The number of hydrogen-bond acceptors (Lipinski definition) is 3. The first-order chi connectivity index (χ1) is 10.6. The van der Waals surface area contributed by atoms with E-state index >= 15 is 0 Å². The van der Waals surface area contributed by atoms with E-state index < -0.39 is 0 Å². The summed E-state index contributed by atoms with van der Waals surface area (Å²) in [6.07, 6.45) is -0.00375. The van der Waals surface area contributed by atoms with E-state index in [1.165, 1.54) is 6.07 Å². The number of nitrogens with zero attached hydrogens (tertiary/aromatic N) is 2. The van der Waals surface area contributed by atoms with Crippen molar-refractivity contribution in [2.75, 3.05) is 40.5 Å². The summed E-state index contributed by atoms with van der Waals surface area (Å²) in [5.74, 6) is 0.326. The smallest absolute Gasteiger partial charge is 0.193 e. The van der Waals surface area contributed by atoms with Crippen LogP contribution in [0.5, 0.6) is 0 Å². The second-order valence-corrected chi connectivity index (χ2v) is 5.46. The van der Waals surface area contributed by atoms with Crippen LogP contribution in [0, 0.1) is 5.82 Å². The number of aliphatic imine (C=N–C) groups is 1.